The van der Waals surface area contributed by atoms with Gasteiger partial charge in [-0.3, -0.25) is 0 Å². The number of fused-ring (bicyclic) bond motifs is 12. The number of anilines is 3. The monoisotopic (exact) mass is 741 g/mol. The van der Waals surface area contributed by atoms with Gasteiger partial charge in [-0.1, -0.05) is 146 Å². The van der Waals surface area contributed by atoms with Gasteiger partial charge >= 0.3 is 0 Å². The molecule has 1 aliphatic heterocycles. The maximum atomic E-state index is 6.70. The fraction of sp³-hybridized carbons (Fsp3) is 0.0182. The molecule has 2 heterocycles. The van der Waals surface area contributed by atoms with E-state index in [-0.39, 0.29) is 0 Å². The molecule has 0 fully saturated rings. The lowest BCUT2D eigenvalue weighted by molar-refractivity contribution is 0.436. The summed E-state index contributed by atoms with van der Waals surface area (Å²) in [6.45, 7) is 0. The van der Waals surface area contributed by atoms with Crippen molar-refractivity contribution >= 4 is 39.0 Å². The predicted octanol–water partition coefficient (Wildman–Crippen LogP) is 14.9. The normalized spacial score (nSPS) is 13.1. The number of nitrogens with zero attached hydrogens (tertiary/aromatic N) is 1. The molecule has 2 aliphatic rings. The number of benzene rings is 9. The number of furan rings is 1. The van der Waals surface area contributed by atoms with Crippen molar-refractivity contribution in [1.29, 1.82) is 0 Å². The Hall–Kier alpha value is -7.62. The highest BCUT2D eigenvalue weighted by molar-refractivity contribution is 6.06. The summed E-state index contributed by atoms with van der Waals surface area (Å²) in [5.74, 6) is 1.76. The van der Waals surface area contributed by atoms with Crippen molar-refractivity contribution in [3.05, 3.63) is 235 Å². The Labute approximate surface area is 336 Å². The van der Waals surface area contributed by atoms with Crippen molar-refractivity contribution in [2.45, 2.75) is 5.41 Å². The zero-order chi connectivity index (χ0) is 38.2. The standard InChI is InChI=1S/C55H35NO2/c1-3-13-36(14-4-1)38-23-26-40(27-24-38)56(41-29-32-52-46(34-41)44-17-7-10-20-51(44)57-52)42-28-30-43-45-33-39(37-15-5-2-6-16-37)25-31-47(45)55(50(43)35-42)48-18-8-11-21-53(48)58-54-22-12-9-19-49(54)55/h1-35H. The fourth-order valence-corrected chi connectivity index (χ4v) is 9.57. The van der Waals surface area contributed by atoms with Crippen molar-refractivity contribution in [2.75, 3.05) is 4.90 Å². The molecule has 0 unspecified atom stereocenters. The Morgan fingerprint density at radius 2 is 0.879 bits per heavy atom. The van der Waals surface area contributed by atoms with Crippen LogP contribution in [0.3, 0.4) is 0 Å². The van der Waals surface area contributed by atoms with E-state index in [1.807, 2.05) is 12.1 Å². The third-order valence-electron chi connectivity index (χ3n) is 12.1. The van der Waals surface area contributed by atoms with Crippen LogP contribution in [0.25, 0.3) is 55.3 Å². The molecule has 272 valence electrons. The van der Waals surface area contributed by atoms with Crippen LogP contribution in [0.4, 0.5) is 17.1 Å². The summed E-state index contributed by atoms with van der Waals surface area (Å²) in [6, 6.07) is 76.3. The lowest BCUT2D eigenvalue weighted by Crippen LogP contribution is -2.32. The van der Waals surface area contributed by atoms with Gasteiger partial charge in [0.25, 0.3) is 0 Å². The van der Waals surface area contributed by atoms with Crippen molar-refractivity contribution in [3.63, 3.8) is 0 Å². The summed E-state index contributed by atoms with van der Waals surface area (Å²) >= 11 is 0. The topological polar surface area (TPSA) is 25.6 Å². The minimum atomic E-state index is -0.616. The molecular weight excluding hydrogens is 707 g/mol. The minimum Gasteiger partial charge on any atom is -0.457 e. The van der Waals surface area contributed by atoms with Crippen molar-refractivity contribution in [2.24, 2.45) is 0 Å². The van der Waals surface area contributed by atoms with Gasteiger partial charge in [0.1, 0.15) is 22.7 Å². The Bertz CT molecular complexity index is 3150. The van der Waals surface area contributed by atoms with Crippen LogP contribution in [0.5, 0.6) is 11.5 Å². The van der Waals surface area contributed by atoms with Gasteiger partial charge in [0.05, 0.1) is 5.41 Å². The molecule has 1 spiro atoms. The lowest BCUT2D eigenvalue weighted by atomic mass is 9.66. The zero-order valence-electron chi connectivity index (χ0n) is 31.5. The van der Waals surface area contributed by atoms with E-state index in [1.165, 1.54) is 44.5 Å². The summed E-state index contributed by atoms with van der Waals surface area (Å²) in [7, 11) is 0. The van der Waals surface area contributed by atoms with E-state index in [1.54, 1.807) is 0 Å². The average Bonchev–Trinajstić information content (AvgIpc) is 3.80. The number of para-hydroxylation sites is 3. The van der Waals surface area contributed by atoms with E-state index in [0.29, 0.717) is 0 Å². The molecule has 0 bridgehead atoms. The van der Waals surface area contributed by atoms with Crippen LogP contribution in [0, 0.1) is 0 Å². The van der Waals surface area contributed by atoms with Crippen LogP contribution in [0.1, 0.15) is 22.3 Å². The third-order valence-corrected chi connectivity index (χ3v) is 12.1. The van der Waals surface area contributed by atoms with Gasteiger partial charge in [-0.15, -0.1) is 0 Å². The molecule has 1 aliphatic carbocycles. The second-order valence-electron chi connectivity index (χ2n) is 15.2. The molecule has 9 aromatic carbocycles. The Morgan fingerprint density at radius 1 is 0.328 bits per heavy atom. The molecule has 0 saturated carbocycles. The van der Waals surface area contributed by atoms with Crippen LogP contribution in [0.15, 0.2) is 217 Å². The second kappa shape index (κ2) is 12.7. The first-order valence-corrected chi connectivity index (χ1v) is 19.8. The summed E-state index contributed by atoms with van der Waals surface area (Å²) in [5, 5.41) is 2.19. The summed E-state index contributed by atoms with van der Waals surface area (Å²) < 4.78 is 13.0. The first-order chi connectivity index (χ1) is 28.7. The van der Waals surface area contributed by atoms with E-state index in [0.717, 1.165) is 61.6 Å². The Kier molecular flexibility index (Phi) is 7.14. The van der Waals surface area contributed by atoms with Crippen molar-refractivity contribution in [1.82, 2.24) is 0 Å². The maximum absolute atomic E-state index is 6.70. The Balaban J connectivity index is 1.12. The van der Waals surface area contributed by atoms with Crippen molar-refractivity contribution in [3.8, 4) is 44.9 Å². The summed E-state index contributed by atoms with van der Waals surface area (Å²) in [5.41, 5.74) is 16.3. The maximum Gasteiger partial charge on any atom is 0.135 e. The number of hydrogen-bond donors (Lipinski definition) is 0. The zero-order valence-corrected chi connectivity index (χ0v) is 31.5. The highest BCUT2D eigenvalue weighted by atomic mass is 16.5. The van der Waals surface area contributed by atoms with Gasteiger partial charge in [-0.2, -0.15) is 0 Å². The molecule has 1 aromatic heterocycles. The SMILES string of the molecule is c1ccc(-c2ccc(N(c3ccc4c(c3)C3(c5ccccc5Oc5ccccc53)c3ccc(-c5ccccc5)cc3-4)c3ccc4oc5ccccc5c4c3)cc2)cc1. The first kappa shape index (κ1) is 32.6. The Morgan fingerprint density at radius 3 is 1.62 bits per heavy atom. The molecule has 3 nitrogen and oxygen atoms in total. The predicted molar refractivity (Wildman–Crippen MR) is 237 cm³/mol. The summed E-state index contributed by atoms with van der Waals surface area (Å²) in [4.78, 5) is 2.39. The highest BCUT2D eigenvalue weighted by Crippen LogP contribution is 2.63. The lowest BCUT2D eigenvalue weighted by Gasteiger charge is -2.39. The van der Waals surface area contributed by atoms with E-state index in [9.17, 15) is 0 Å². The number of ether oxygens (including phenoxy) is 1. The number of rotatable bonds is 5. The van der Waals surface area contributed by atoms with E-state index < -0.39 is 5.41 Å². The second-order valence-corrected chi connectivity index (χ2v) is 15.2. The van der Waals surface area contributed by atoms with Gasteiger partial charge in [0, 0.05) is 39.0 Å². The van der Waals surface area contributed by atoms with Crippen LogP contribution in [0.2, 0.25) is 0 Å². The smallest absolute Gasteiger partial charge is 0.135 e. The molecule has 0 atom stereocenters. The van der Waals surface area contributed by atoms with Crippen LogP contribution < -0.4 is 9.64 Å². The molecule has 0 radical (unpaired) electrons. The van der Waals surface area contributed by atoms with Gasteiger partial charge in [-0.05, 0) is 111 Å². The van der Waals surface area contributed by atoms with Gasteiger partial charge in [-0.25, -0.2) is 0 Å². The van der Waals surface area contributed by atoms with E-state index in [4.69, 9.17) is 9.15 Å². The van der Waals surface area contributed by atoms with Crippen LogP contribution in [-0.4, -0.2) is 0 Å². The van der Waals surface area contributed by atoms with Gasteiger partial charge < -0.3 is 14.1 Å². The highest BCUT2D eigenvalue weighted by Gasteiger charge is 2.51. The van der Waals surface area contributed by atoms with Gasteiger partial charge in [0.15, 0.2) is 0 Å². The molecule has 12 rings (SSSR count). The quantitative estimate of drug-likeness (QED) is 0.176. The molecule has 0 amide bonds. The third kappa shape index (κ3) is 4.80. The van der Waals surface area contributed by atoms with E-state index in [2.05, 4.69) is 205 Å². The summed E-state index contributed by atoms with van der Waals surface area (Å²) in [6.07, 6.45) is 0. The van der Waals surface area contributed by atoms with Crippen LogP contribution >= 0.6 is 0 Å². The van der Waals surface area contributed by atoms with Crippen molar-refractivity contribution < 1.29 is 9.15 Å². The van der Waals surface area contributed by atoms with Gasteiger partial charge in [0.2, 0.25) is 0 Å². The molecule has 3 heteroatoms. The molecule has 0 saturated heterocycles. The van der Waals surface area contributed by atoms with E-state index >= 15 is 0 Å². The molecule has 58 heavy (non-hydrogen) atoms. The van der Waals surface area contributed by atoms with Crippen LogP contribution in [-0.2, 0) is 5.41 Å². The minimum absolute atomic E-state index is 0.616. The average molecular weight is 742 g/mol. The molecule has 0 N–H and O–H groups in total. The number of hydrogen-bond acceptors (Lipinski definition) is 3. The fourth-order valence-electron chi connectivity index (χ4n) is 9.57. The molecular formula is C55H35NO2. The first-order valence-electron chi connectivity index (χ1n) is 19.8. The largest absolute Gasteiger partial charge is 0.457 e. The molecule has 10 aromatic rings.